The fourth-order valence-corrected chi connectivity index (χ4v) is 3.65. The smallest absolute Gasteiger partial charge is 0.244 e. The molecule has 2 heterocycles. The minimum Gasteiger partial charge on any atom is -0.457 e. The van der Waals surface area contributed by atoms with Crippen molar-refractivity contribution >= 4 is 39.1 Å². The van der Waals surface area contributed by atoms with Crippen LogP contribution in [0.25, 0.3) is 17.4 Å². The number of aliphatic imine (C=N–C) groups is 1. The van der Waals surface area contributed by atoms with Crippen LogP contribution >= 0.6 is 23.5 Å². The van der Waals surface area contributed by atoms with Crippen LogP contribution in [0.3, 0.4) is 0 Å². The van der Waals surface area contributed by atoms with Gasteiger partial charge in [0.15, 0.2) is 0 Å². The second kappa shape index (κ2) is 6.54. The Morgan fingerprint density at radius 1 is 1.27 bits per heavy atom. The van der Waals surface area contributed by atoms with Gasteiger partial charge in [0.2, 0.25) is 5.12 Å². The highest BCUT2D eigenvalue weighted by Crippen LogP contribution is 2.31. The molecule has 1 aliphatic heterocycles. The van der Waals surface area contributed by atoms with Crippen molar-refractivity contribution in [1.29, 1.82) is 0 Å². The second-order valence-electron chi connectivity index (χ2n) is 4.44. The summed E-state index contributed by atoms with van der Waals surface area (Å²) >= 11 is 2.69. The van der Waals surface area contributed by atoms with Gasteiger partial charge in [-0.3, -0.25) is 4.79 Å². The SMILES string of the molecule is CCSC1=N/C(=C\c2ccc(-c3ccc(F)cc3)o2)C(=O)S1. The predicted octanol–water partition coefficient (Wildman–Crippen LogP) is 4.81. The van der Waals surface area contributed by atoms with Crippen LogP contribution in [0.4, 0.5) is 4.39 Å². The van der Waals surface area contributed by atoms with E-state index in [2.05, 4.69) is 4.99 Å². The maximum Gasteiger partial charge on any atom is 0.244 e. The number of carbonyl (C=O) groups is 1. The van der Waals surface area contributed by atoms with Gasteiger partial charge in [-0.2, -0.15) is 0 Å². The first-order valence-electron chi connectivity index (χ1n) is 6.67. The molecule has 0 saturated heterocycles. The third-order valence-electron chi connectivity index (χ3n) is 2.90. The standard InChI is InChI=1S/C16H12FNO2S2/c1-2-21-16-18-13(15(19)22-16)9-12-7-8-14(20-12)10-3-5-11(17)6-4-10/h3-9H,2H2,1H3/b13-9-. The zero-order valence-corrected chi connectivity index (χ0v) is 13.3. The first-order valence-corrected chi connectivity index (χ1v) is 8.47. The van der Waals surface area contributed by atoms with Gasteiger partial charge in [-0.1, -0.05) is 18.7 Å². The number of halogens is 1. The number of benzene rings is 1. The molecule has 6 heteroatoms. The van der Waals surface area contributed by atoms with Crippen LogP contribution in [0, 0.1) is 5.82 Å². The number of hydrogen-bond acceptors (Lipinski definition) is 5. The molecule has 0 spiro atoms. The Hall–Kier alpha value is -1.79. The fourth-order valence-electron chi connectivity index (χ4n) is 1.91. The minimum atomic E-state index is -0.290. The van der Waals surface area contributed by atoms with Gasteiger partial charge in [0.1, 0.15) is 27.4 Å². The second-order valence-corrected chi connectivity index (χ2v) is 6.91. The molecule has 0 unspecified atom stereocenters. The van der Waals surface area contributed by atoms with Crippen molar-refractivity contribution < 1.29 is 13.6 Å². The van der Waals surface area contributed by atoms with E-state index in [4.69, 9.17) is 4.42 Å². The van der Waals surface area contributed by atoms with E-state index in [1.54, 1.807) is 42.1 Å². The van der Waals surface area contributed by atoms with Gasteiger partial charge in [-0.05, 0) is 53.9 Å². The third-order valence-corrected chi connectivity index (χ3v) is 4.79. The molecule has 112 valence electrons. The van der Waals surface area contributed by atoms with Crippen LogP contribution < -0.4 is 0 Å². The topological polar surface area (TPSA) is 42.6 Å². The lowest BCUT2D eigenvalue weighted by Crippen LogP contribution is -1.87. The molecule has 0 fully saturated rings. The van der Waals surface area contributed by atoms with Crippen molar-refractivity contribution in [3.8, 4) is 11.3 Å². The summed E-state index contributed by atoms with van der Waals surface area (Å²) in [6.45, 7) is 2.02. The number of carbonyl (C=O) groups excluding carboxylic acids is 1. The first-order chi connectivity index (χ1) is 10.7. The number of rotatable bonds is 3. The van der Waals surface area contributed by atoms with Crippen LogP contribution in [0.15, 0.2) is 51.5 Å². The highest BCUT2D eigenvalue weighted by atomic mass is 32.2. The normalized spacial score (nSPS) is 16.4. The summed E-state index contributed by atoms with van der Waals surface area (Å²) in [6, 6.07) is 9.62. The van der Waals surface area contributed by atoms with Gasteiger partial charge in [-0.25, -0.2) is 9.38 Å². The Morgan fingerprint density at radius 2 is 2.05 bits per heavy atom. The lowest BCUT2D eigenvalue weighted by molar-refractivity contribution is -0.107. The van der Waals surface area contributed by atoms with Crippen molar-refractivity contribution in [1.82, 2.24) is 0 Å². The summed E-state index contributed by atoms with van der Waals surface area (Å²) in [5.41, 5.74) is 1.17. The molecule has 0 saturated carbocycles. The maximum absolute atomic E-state index is 12.9. The fraction of sp³-hybridized carbons (Fsp3) is 0.125. The zero-order chi connectivity index (χ0) is 15.5. The number of hydrogen-bond donors (Lipinski definition) is 0. The van der Waals surface area contributed by atoms with E-state index < -0.39 is 0 Å². The summed E-state index contributed by atoms with van der Waals surface area (Å²) in [5.74, 6) is 1.76. The minimum absolute atomic E-state index is 0.0734. The molecule has 3 nitrogen and oxygen atoms in total. The lowest BCUT2D eigenvalue weighted by Gasteiger charge is -1.96. The van der Waals surface area contributed by atoms with Crippen LogP contribution in [0.1, 0.15) is 12.7 Å². The van der Waals surface area contributed by atoms with Gasteiger partial charge in [0.25, 0.3) is 0 Å². The van der Waals surface area contributed by atoms with Crippen molar-refractivity contribution in [3.05, 3.63) is 53.7 Å². The molecule has 0 aliphatic carbocycles. The summed E-state index contributed by atoms with van der Waals surface area (Å²) in [6.07, 6.45) is 1.63. The molecule has 2 aromatic rings. The van der Waals surface area contributed by atoms with Crippen molar-refractivity contribution in [2.75, 3.05) is 5.75 Å². The van der Waals surface area contributed by atoms with Gasteiger partial charge in [-0.15, -0.1) is 0 Å². The van der Waals surface area contributed by atoms with E-state index >= 15 is 0 Å². The summed E-state index contributed by atoms with van der Waals surface area (Å²) in [5, 5.41) is -0.0734. The Morgan fingerprint density at radius 3 is 2.77 bits per heavy atom. The van der Waals surface area contributed by atoms with Gasteiger partial charge >= 0.3 is 0 Å². The molecule has 0 N–H and O–H groups in total. The average Bonchev–Trinajstić information content (AvgIpc) is 3.08. The van der Waals surface area contributed by atoms with E-state index in [1.807, 2.05) is 6.92 Å². The molecule has 1 aromatic heterocycles. The van der Waals surface area contributed by atoms with Gasteiger partial charge in [0.05, 0.1) is 0 Å². The van der Waals surface area contributed by atoms with Crippen LogP contribution in [-0.4, -0.2) is 15.2 Å². The van der Waals surface area contributed by atoms with Crippen molar-refractivity contribution in [3.63, 3.8) is 0 Å². The monoisotopic (exact) mass is 333 g/mol. The molecule has 0 atom stereocenters. The number of nitrogens with zero attached hydrogens (tertiary/aromatic N) is 1. The van der Waals surface area contributed by atoms with E-state index in [-0.39, 0.29) is 10.9 Å². The molecule has 0 amide bonds. The highest BCUT2D eigenvalue weighted by Gasteiger charge is 2.22. The van der Waals surface area contributed by atoms with Crippen LogP contribution in [0.2, 0.25) is 0 Å². The molecule has 1 aliphatic rings. The Balaban J connectivity index is 1.84. The number of thioether (sulfide) groups is 2. The van der Waals surface area contributed by atoms with E-state index in [0.717, 1.165) is 27.5 Å². The molecule has 3 rings (SSSR count). The van der Waals surface area contributed by atoms with E-state index in [9.17, 15) is 9.18 Å². The molecule has 1 aromatic carbocycles. The molecule has 22 heavy (non-hydrogen) atoms. The molecular weight excluding hydrogens is 321 g/mol. The predicted molar refractivity (Wildman–Crippen MR) is 90.2 cm³/mol. The van der Waals surface area contributed by atoms with E-state index in [1.165, 1.54) is 12.1 Å². The first kappa shape index (κ1) is 15.1. The van der Waals surface area contributed by atoms with Gasteiger partial charge in [0, 0.05) is 11.6 Å². The maximum atomic E-state index is 12.9. The molecule has 0 bridgehead atoms. The van der Waals surface area contributed by atoms with Crippen molar-refractivity contribution in [2.45, 2.75) is 6.92 Å². The van der Waals surface area contributed by atoms with Crippen molar-refractivity contribution in [2.24, 2.45) is 4.99 Å². The molecular formula is C16H12FNO2S2. The Bertz CT molecular complexity index is 763. The number of furan rings is 1. The largest absolute Gasteiger partial charge is 0.457 e. The van der Waals surface area contributed by atoms with Crippen LogP contribution in [-0.2, 0) is 4.79 Å². The van der Waals surface area contributed by atoms with Gasteiger partial charge < -0.3 is 4.42 Å². The summed E-state index contributed by atoms with van der Waals surface area (Å²) < 4.78 is 19.4. The summed E-state index contributed by atoms with van der Waals surface area (Å²) in [4.78, 5) is 16.2. The molecule has 0 radical (unpaired) electrons. The summed E-state index contributed by atoms with van der Waals surface area (Å²) in [7, 11) is 0. The lowest BCUT2D eigenvalue weighted by atomic mass is 10.2. The highest BCUT2D eigenvalue weighted by molar-refractivity contribution is 8.45. The Labute approximate surface area is 135 Å². The third kappa shape index (κ3) is 3.34. The van der Waals surface area contributed by atoms with Crippen LogP contribution in [0.5, 0.6) is 0 Å². The average molecular weight is 333 g/mol. The van der Waals surface area contributed by atoms with E-state index in [0.29, 0.717) is 17.2 Å². The quantitative estimate of drug-likeness (QED) is 0.756. The Kier molecular flexibility index (Phi) is 4.49. The zero-order valence-electron chi connectivity index (χ0n) is 11.7.